The molecule has 3 aliphatic carbocycles. The summed E-state index contributed by atoms with van der Waals surface area (Å²) >= 11 is 0. The van der Waals surface area contributed by atoms with Crippen molar-refractivity contribution in [3.05, 3.63) is 42.2 Å². The number of rotatable bonds is 6. The first-order valence-electron chi connectivity index (χ1n) is 12.6. The van der Waals surface area contributed by atoms with Gasteiger partial charge in [0.25, 0.3) is 5.82 Å². The lowest BCUT2D eigenvalue weighted by Gasteiger charge is -2.45. The van der Waals surface area contributed by atoms with E-state index in [4.69, 9.17) is 4.98 Å². The third-order valence-corrected chi connectivity index (χ3v) is 7.89. The van der Waals surface area contributed by atoms with Crippen LogP contribution < -0.4 is 9.58 Å². The highest BCUT2D eigenvalue weighted by Crippen LogP contribution is 2.50. The zero-order valence-corrected chi connectivity index (χ0v) is 21.0. The highest BCUT2D eigenvalue weighted by atomic mass is 19.1. The molecule has 6 rings (SSSR count). The van der Waals surface area contributed by atoms with Gasteiger partial charge in [0.1, 0.15) is 25.0 Å². The summed E-state index contributed by atoms with van der Waals surface area (Å²) < 4.78 is 16.8. The summed E-state index contributed by atoms with van der Waals surface area (Å²) in [5.74, 6) is 3.09. The molecule has 1 aromatic carbocycles. The highest BCUT2D eigenvalue weighted by Gasteiger charge is 2.43. The van der Waals surface area contributed by atoms with E-state index >= 15 is 0 Å². The molecule has 0 saturated heterocycles. The van der Waals surface area contributed by atoms with Crippen molar-refractivity contribution < 1.29 is 9.07 Å². The number of hydrogen-bond acceptors (Lipinski definition) is 4. The summed E-state index contributed by atoms with van der Waals surface area (Å²) in [6, 6.07) is 7.85. The predicted octanol–water partition coefficient (Wildman–Crippen LogP) is 5.34. The average Bonchev–Trinajstić information content (AvgIpc) is 3.20. The van der Waals surface area contributed by atoms with Crippen molar-refractivity contribution in [1.29, 1.82) is 0 Å². The molecule has 0 unspecified atom stereocenters. The van der Waals surface area contributed by atoms with Crippen LogP contribution in [0.4, 0.5) is 10.2 Å². The maximum absolute atomic E-state index is 14.8. The molecule has 1 N–H and O–H groups in total. The van der Waals surface area contributed by atoms with Crippen LogP contribution in [0, 0.1) is 11.7 Å². The minimum absolute atomic E-state index is 0.0713. The molecule has 180 valence electrons. The molecule has 0 radical (unpaired) electrons. The van der Waals surface area contributed by atoms with Gasteiger partial charge in [-0.3, -0.25) is 4.90 Å². The Kier molecular flexibility index (Phi) is 5.90. The van der Waals surface area contributed by atoms with Crippen LogP contribution in [0.25, 0.3) is 22.6 Å². The van der Waals surface area contributed by atoms with Crippen molar-refractivity contribution in [1.82, 2.24) is 20.1 Å². The summed E-state index contributed by atoms with van der Waals surface area (Å²) in [6.45, 7) is 8.74. The lowest BCUT2D eigenvalue weighted by molar-refractivity contribution is -0.714. The fourth-order valence-corrected chi connectivity index (χ4v) is 6.17. The molecular weight excluding hydrogens is 427 g/mol. The zero-order chi connectivity index (χ0) is 24.0. The van der Waals surface area contributed by atoms with Crippen LogP contribution in [0.1, 0.15) is 72.0 Å². The number of anilines is 1. The van der Waals surface area contributed by atoms with E-state index in [9.17, 15) is 4.39 Å². The normalized spacial score (nSPS) is 22.1. The first-order chi connectivity index (χ1) is 16.3. The van der Waals surface area contributed by atoms with Gasteiger partial charge >= 0.3 is 0 Å². The van der Waals surface area contributed by atoms with E-state index in [1.807, 2.05) is 17.8 Å². The number of fused-ring (bicyclic) bond motifs is 3. The molecule has 2 heterocycles. The van der Waals surface area contributed by atoms with Gasteiger partial charge in [0.05, 0.1) is 23.8 Å². The fraction of sp³-hybridized carbons (Fsp3) is 0.556. The molecule has 6 nitrogen and oxygen atoms in total. The molecule has 2 aromatic heterocycles. The lowest BCUT2D eigenvalue weighted by atomic mass is 9.60. The standard InChI is InChI=1S/C27H35FN6/c1-17(2)34(18(3)4)24-15-23(32-33(24)5)20-12-21(14-22(28)13-20)25-29-16-30-26(31-25)27-9-6-19(7-10-27)8-11-27/h12-19H,6-11H2,1-5H3/p+1. The van der Waals surface area contributed by atoms with E-state index in [1.54, 1.807) is 12.4 Å². The largest absolute Gasteiger partial charge is 0.297 e. The minimum atomic E-state index is -0.297. The molecule has 0 atom stereocenters. The molecule has 2 bridgehead atoms. The maximum atomic E-state index is 14.8. The van der Waals surface area contributed by atoms with Crippen molar-refractivity contribution in [2.24, 2.45) is 13.0 Å². The Hall–Kier alpha value is -2.83. The van der Waals surface area contributed by atoms with Crippen molar-refractivity contribution >= 4 is 5.82 Å². The first-order valence-corrected chi connectivity index (χ1v) is 12.6. The quantitative estimate of drug-likeness (QED) is 0.501. The summed E-state index contributed by atoms with van der Waals surface area (Å²) in [5, 5.41) is 3.40. The van der Waals surface area contributed by atoms with Crippen LogP contribution in [0.3, 0.4) is 0 Å². The zero-order valence-electron chi connectivity index (χ0n) is 21.0. The number of halogens is 1. The Labute approximate surface area is 201 Å². The first kappa shape index (κ1) is 22.9. The molecule has 0 amide bonds. The monoisotopic (exact) mass is 463 g/mol. The van der Waals surface area contributed by atoms with Crippen LogP contribution in [0.5, 0.6) is 0 Å². The van der Waals surface area contributed by atoms with Gasteiger partial charge in [0.2, 0.25) is 0 Å². The Morgan fingerprint density at radius 3 is 2.26 bits per heavy atom. The van der Waals surface area contributed by atoms with E-state index in [1.165, 1.54) is 25.3 Å². The number of hydrogen-bond donors (Lipinski definition) is 1. The van der Waals surface area contributed by atoms with Gasteiger partial charge in [-0.15, -0.1) is 0 Å². The molecule has 7 heteroatoms. The van der Waals surface area contributed by atoms with Gasteiger partial charge in [-0.05, 0) is 90.3 Å². The van der Waals surface area contributed by atoms with Gasteiger partial charge < -0.3 is 0 Å². The molecule has 0 aliphatic heterocycles. The van der Waals surface area contributed by atoms with Crippen molar-refractivity contribution in [3.8, 4) is 22.6 Å². The number of nitrogens with one attached hydrogen (secondary N) is 1. The Bertz CT molecular complexity index is 1150. The molecular formula is C27H36FN6+. The second-order valence-corrected chi connectivity index (χ2v) is 10.8. The molecule has 34 heavy (non-hydrogen) atoms. The van der Waals surface area contributed by atoms with E-state index in [-0.39, 0.29) is 11.2 Å². The van der Waals surface area contributed by atoms with Crippen LogP contribution in [-0.4, -0.2) is 32.1 Å². The molecule has 3 aromatic rings. The van der Waals surface area contributed by atoms with Crippen LogP contribution in [0.2, 0.25) is 0 Å². The summed E-state index contributed by atoms with van der Waals surface area (Å²) in [7, 11) is 1.99. The maximum Gasteiger partial charge on any atom is 0.297 e. The van der Waals surface area contributed by atoms with Crippen molar-refractivity contribution in [3.63, 3.8) is 0 Å². The Morgan fingerprint density at radius 2 is 1.62 bits per heavy atom. The SMILES string of the molecule is CC(C)N(c1cc(-c2cc(F)cc(-c3ncnc(C45CCC(CC4)CC5)n3)c2)[nH][n+]1C)C(C)C. The molecule has 3 saturated carbocycles. The van der Waals surface area contributed by atoms with E-state index in [0.717, 1.165) is 48.1 Å². The smallest absolute Gasteiger partial charge is 0.256 e. The van der Waals surface area contributed by atoms with Gasteiger partial charge in [0.15, 0.2) is 5.82 Å². The van der Waals surface area contributed by atoms with E-state index in [0.29, 0.717) is 23.5 Å². The van der Waals surface area contributed by atoms with E-state index in [2.05, 4.69) is 53.7 Å². The van der Waals surface area contributed by atoms with Crippen LogP contribution >= 0.6 is 0 Å². The number of aromatic amines is 1. The van der Waals surface area contributed by atoms with Crippen molar-refractivity contribution in [2.45, 2.75) is 83.7 Å². The molecule has 3 aliphatic rings. The van der Waals surface area contributed by atoms with Crippen LogP contribution in [-0.2, 0) is 12.5 Å². The minimum Gasteiger partial charge on any atom is -0.256 e. The van der Waals surface area contributed by atoms with Gasteiger partial charge in [0, 0.05) is 16.5 Å². The van der Waals surface area contributed by atoms with Gasteiger partial charge in [-0.2, -0.15) is 4.68 Å². The number of aromatic nitrogens is 5. The third kappa shape index (κ3) is 4.10. The van der Waals surface area contributed by atoms with Gasteiger partial charge in [-0.1, -0.05) is 0 Å². The summed E-state index contributed by atoms with van der Waals surface area (Å²) in [6.07, 6.45) is 8.86. The summed E-state index contributed by atoms with van der Waals surface area (Å²) in [4.78, 5) is 16.3. The average molecular weight is 464 g/mol. The summed E-state index contributed by atoms with van der Waals surface area (Å²) in [5.41, 5.74) is 2.40. The topological polar surface area (TPSA) is 61.6 Å². The number of H-pyrrole nitrogens is 1. The molecule has 3 fully saturated rings. The second-order valence-electron chi connectivity index (χ2n) is 10.8. The predicted molar refractivity (Wildman–Crippen MR) is 132 cm³/mol. The number of nitrogens with zero attached hydrogens (tertiary/aromatic N) is 5. The fourth-order valence-electron chi connectivity index (χ4n) is 6.17. The van der Waals surface area contributed by atoms with Crippen LogP contribution in [0.15, 0.2) is 30.6 Å². The van der Waals surface area contributed by atoms with Crippen molar-refractivity contribution in [2.75, 3.05) is 4.90 Å². The Morgan fingerprint density at radius 1 is 0.971 bits per heavy atom. The van der Waals surface area contributed by atoms with E-state index < -0.39 is 0 Å². The number of benzene rings is 1. The molecule has 0 spiro atoms. The highest BCUT2D eigenvalue weighted by molar-refractivity contribution is 5.69. The third-order valence-electron chi connectivity index (χ3n) is 7.89. The second kappa shape index (κ2) is 8.75. The number of aryl methyl sites for hydroxylation is 1. The lowest BCUT2D eigenvalue weighted by Crippen LogP contribution is -2.45. The Balaban J connectivity index is 1.51. The van der Waals surface area contributed by atoms with Gasteiger partial charge in [-0.25, -0.2) is 24.4 Å².